The molecular weight excluding hydrogens is 483 g/mol. The van der Waals surface area contributed by atoms with Gasteiger partial charge >= 0.3 is 13.1 Å². The van der Waals surface area contributed by atoms with Crippen LogP contribution in [0, 0.1) is 11.3 Å². The highest BCUT2D eigenvalue weighted by molar-refractivity contribution is 6.43. The summed E-state index contributed by atoms with van der Waals surface area (Å²) in [4.78, 5) is 28.7. The Hall–Kier alpha value is -3.01. The highest BCUT2D eigenvalue weighted by atomic mass is 19.3. The van der Waals surface area contributed by atoms with Crippen LogP contribution >= 0.6 is 0 Å². The number of piperidine rings is 1. The second-order valence-corrected chi connectivity index (χ2v) is 10.3. The minimum Gasteiger partial charge on any atom is -0.426 e. The molecule has 12 heteroatoms. The van der Waals surface area contributed by atoms with Crippen LogP contribution in [0.1, 0.15) is 38.7 Å². The van der Waals surface area contributed by atoms with Crippen LogP contribution in [0.4, 0.5) is 13.6 Å². The molecule has 3 amide bonds. The van der Waals surface area contributed by atoms with E-state index in [0.29, 0.717) is 19.4 Å². The fraction of sp³-hybridized carbons (Fsp3) is 0.560. The SMILES string of the molecule is CC(C)(/C=C(\C#N)C(=O)N1CCC[C@@H](NC(=O)N[C@@H](Cc2ccccc2)B(O)O)C1)N1CCC(F)(F)C1. The van der Waals surface area contributed by atoms with Gasteiger partial charge in [-0.15, -0.1) is 0 Å². The molecule has 2 saturated heterocycles. The molecule has 3 rings (SSSR count). The number of nitriles is 1. The maximum atomic E-state index is 13.7. The first-order valence-corrected chi connectivity index (χ1v) is 12.4. The molecular formula is C25H34BF2N5O4. The van der Waals surface area contributed by atoms with Crippen molar-refractivity contribution in [1.29, 1.82) is 5.26 Å². The van der Waals surface area contributed by atoms with Crippen molar-refractivity contribution in [1.82, 2.24) is 20.4 Å². The number of carbonyl (C=O) groups excluding carboxylic acids is 2. The number of amides is 3. The lowest BCUT2D eigenvalue weighted by Crippen LogP contribution is -2.56. The average Bonchev–Trinajstić information content (AvgIpc) is 3.23. The first kappa shape index (κ1) is 28.6. The van der Waals surface area contributed by atoms with Gasteiger partial charge in [0.05, 0.1) is 12.5 Å². The number of hydrogen-bond acceptors (Lipinski definition) is 6. The van der Waals surface area contributed by atoms with Crippen molar-refractivity contribution < 1.29 is 28.4 Å². The molecule has 200 valence electrons. The van der Waals surface area contributed by atoms with Gasteiger partial charge < -0.3 is 25.6 Å². The molecule has 2 heterocycles. The van der Waals surface area contributed by atoms with E-state index < -0.39 is 49.0 Å². The Morgan fingerprint density at radius 3 is 2.59 bits per heavy atom. The van der Waals surface area contributed by atoms with Gasteiger partial charge in [-0.2, -0.15) is 5.26 Å². The second kappa shape index (κ2) is 12.0. The van der Waals surface area contributed by atoms with Crippen molar-refractivity contribution in [2.45, 2.75) is 63.0 Å². The molecule has 1 aromatic carbocycles. The number of nitrogens with zero attached hydrogens (tertiary/aromatic N) is 3. The standard InChI is InChI=1S/C25H34BF2N5O4/c1-24(2,33-12-10-25(27,28)17-33)14-19(15-29)22(34)32-11-6-9-20(16-32)30-23(35)31-21(26(36)37)13-18-7-4-3-5-8-18/h3-5,7-8,14,20-21,36-37H,6,9-13,16-17H2,1-2H3,(H2,30,31,35)/b19-14+/t20-,21+/m1/s1. The number of halogens is 2. The number of alkyl halides is 2. The van der Waals surface area contributed by atoms with Gasteiger partial charge in [-0.3, -0.25) is 9.69 Å². The Morgan fingerprint density at radius 1 is 1.30 bits per heavy atom. The van der Waals surface area contributed by atoms with Gasteiger partial charge in [0, 0.05) is 37.6 Å². The topological polar surface area (TPSA) is 129 Å². The monoisotopic (exact) mass is 517 g/mol. The summed E-state index contributed by atoms with van der Waals surface area (Å²) < 4.78 is 27.4. The molecule has 2 atom stereocenters. The van der Waals surface area contributed by atoms with E-state index in [9.17, 15) is 33.7 Å². The van der Waals surface area contributed by atoms with Crippen molar-refractivity contribution in [2.24, 2.45) is 0 Å². The molecule has 37 heavy (non-hydrogen) atoms. The Kier molecular flexibility index (Phi) is 9.28. The number of urea groups is 1. The van der Waals surface area contributed by atoms with Gasteiger partial charge in [0.15, 0.2) is 0 Å². The molecule has 0 saturated carbocycles. The summed E-state index contributed by atoms with van der Waals surface area (Å²) in [5.74, 6) is -4.24. The Bertz CT molecular complexity index is 1030. The van der Waals surface area contributed by atoms with E-state index in [4.69, 9.17) is 0 Å². The first-order valence-electron chi connectivity index (χ1n) is 12.4. The number of carbonyl (C=O) groups is 2. The molecule has 0 spiro atoms. The van der Waals surface area contributed by atoms with Crippen molar-refractivity contribution in [2.75, 3.05) is 26.2 Å². The Morgan fingerprint density at radius 2 is 2.00 bits per heavy atom. The van der Waals surface area contributed by atoms with E-state index in [1.54, 1.807) is 18.7 Å². The number of rotatable bonds is 8. The zero-order chi connectivity index (χ0) is 27.2. The predicted octanol–water partition coefficient (Wildman–Crippen LogP) is 1.47. The molecule has 4 N–H and O–H groups in total. The van der Waals surface area contributed by atoms with Crippen LogP contribution < -0.4 is 10.6 Å². The minimum absolute atomic E-state index is 0.128. The molecule has 0 unspecified atom stereocenters. The predicted molar refractivity (Wildman–Crippen MR) is 134 cm³/mol. The lowest BCUT2D eigenvalue weighted by Gasteiger charge is -2.35. The molecule has 0 radical (unpaired) electrons. The fourth-order valence-electron chi connectivity index (χ4n) is 4.76. The van der Waals surface area contributed by atoms with Crippen LogP contribution in [0.25, 0.3) is 0 Å². The molecule has 0 aliphatic carbocycles. The van der Waals surface area contributed by atoms with Crippen LogP contribution in [0.3, 0.4) is 0 Å². The molecule has 9 nitrogen and oxygen atoms in total. The quantitative estimate of drug-likeness (QED) is 0.235. The van der Waals surface area contributed by atoms with Gasteiger partial charge in [0.1, 0.15) is 11.6 Å². The van der Waals surface area contributed by atoms with Gasteiger partial charge in [-0.25, -0.2) is 13.6 Å². The summed E-state index contributed by atoms with van der Waals surface area (Å²) in [5.41, 5.74) is -0.212. The van der Waals surface area contributed by atoms with E-state index in [1.165, 1.54) is 11.0 Å². The maximum Gasteiger partial charge on any atom is 0.475 e. The van der Waals surface area contributed by atoms with Crippen molar-refractivity contribution in [3.05, 3.63) is 47.5 Å². The fourth-order valence-corrected chi connectivity index (χ4v) is 4.76. The van der Waals surface area contributed by atoms with E-state index >= 15 is 0 Å². The molecule has 2 aliphatic heterocycles. The number of likely N-dealkylation sites (tertiary alicyclic amines) is 2. The summed E-state index contributed by atoms with van der Waals surface area (Å²) in [6.07, 6.45) is 2.59. The number of nitrogens with one attached hydrogen (secondary N) is 2. The third kappa shape index (κ3) is 7.99. The van der Waals surface area contributed by atoms with Crippen LogP contribution in [0.15, 0.2) is 42.0 Å². The zero-order valence-electron chi connectivity index (χ0n) is 21.2. The van der Waals surface area contributed by atoms with E-state index in [1.807, 2.05) is 36.4 Å². The van der Waals surface area contributed by atoms with Crippen molar-refractivity contribution in [3.8, 4) is 6.07 Å². The smallest absolute Gasteiger partial charge is 0.426 e. The highest BCUT2D eigenvalue weighted by Crippen LogP contribution is 2.33. The third-order valence-corrected chi connectivity index (χ3v) is 6.85. The largest absolute Gasteiger partial charge is 0.475 e. The lowest BCUT2D eigenvalue weighted by atomic mass is 9.76. The van der Waals surface area contributed by atoms with E-state index in [0.717, 1.165) is 5.56 Å². The first-order chi connectivity index (χ1) is 17.4. The van der Waals surface area contributed by atoms with Gasteiger partial charge in [0.25, 0.3) is 11.8 Å². The Balaban J connectivity index is 1.59. The van der Waals surface area contributed by atoms with Crippen LogP contribution in [-0.4, -0.2) is 88.5 Å². The highest BCUT2D eigenvalue weighted by Gasteiger charge is 2.43. The van der Waals surface area contributed by atoms with Crippen molar-refractivity contribution in [3.63, 3.8) is 0 Å². The van der Waals surface area contributed by atoms with Crippen LogP contribution in [-0.2, 0) is 11.2 Å². The minimum atomic E-state index is -2.79. The van der Waals surface area contributed by atoms with Crippen molar-refractivity contribution >= 4 is 19.1 Å². The van der Waals surface area contributed by atoms with E-state index in [2.05, 4.69) is 10.6 Å². The number of hydrogen-bond donors (Lipinski definition) is 4. The molecule has 0 bridgehead atoms. The van der Waals surface area contributed by atoms with Gasteiger partial charge in [0.2, 0.25) is 0 Å². The molecule has 2 fully saturated rings. The number of benzene rings is 1. The summed E-state index contributed by atoms with van der Waals surface area (Å²) >= 11 is 0. The zero-order valence-corrected chi connectivity index (χ0v) is 21.2. The lowest BCUT2D eigenvalue weighted by molar-refractivity contribution is -0.128. The summed E-state index contributed by atoms with van der Waals surface area (Å²) in [6.45, 7) is 3.70. The second-order valence-electron chi connectivity index (χ2n) is 10.3. The normalized spacial score (nSPS) is 21.2. The maximum absolute atomic E-state index is 13.7. The summed E-state index contributed by atoms with van der Waals surface area (Å²) in [7, 11) is -1.77. The molecule has 0 aromatic heterocycles. The Labute approximate surface area is 216 Å². The molecule has 2 aliphatic rings. The molecule has 1 aromatic rings. The van der Waals surface area contributed by atoms with Gasteiger partial charge in [-0.05, 0) is 44.7 Å². The van der Waals surface area contributed by atoms with Crippen LogP contribution in [0.5, 0.6) is 0 Å². The summed E-state index contributed by atoms with van der Waals surface area (Å²) in [6, 6.07) is 10.0. The van der Waals surface area contributed by atoms with Gasteiger partial charge in [-0.1, -0.05) is 30.3 Å². The van der Waals surface area contributed by atoms with Crippen LogP contribution in [0.2, 0.25) is 0 Å². The average molecular weight is 517 g/mol. The third-order valence-electron chi connectivity index (χ3n) is 6.85. The van der Waals surface area contributed by atoms with E-state index in [-0.39, 0.29) is 31.5 Å². The summed E-state index contributed by atoms with van der Waals surface area (Å²) in [5, 5.41) is 34.4.